The number of aliphatic hydroxyl groups is 1. The number of hydrogen-bond acceptors (Lipinski definition) is 9. The molecule has 0 aromatic carbocycles. The fourth-order valence-electron chi connectivity index (χ4n) is 2.71. The van der Waals surface area contributed by atoms with Crippen LogP contribution in [0, 0.1) is 5.92 Å². The van der Waals surface area contributed by atoms with Gasteiger partial charge in [-0.1, -0.05) is 31.5 Å². The Kier molecular flexibility index (Phi) is 9.10. The van der Waals surface area contributed by atoms with Gasteiger partial charge in [0.25, 0.3) is 0 Å². The molecule has 0 radical (unpaired) electrons. The van der Waals surface area contributed by atoms with Gasteiger partial charge in [-0.25, -0.2) is 15.1 Å². The van der Waals surface area contributed by atoms with Gasteiger partial charge >= 0.3 is 10.3 Å². The maximum absolute atomic E-state index is 13.0. The van der Waals surface area contributed by atoms with Crippen molar-refractivity contribution in [3.63, 3.8) is 0 Å². The van der Waals surface area contributed by atoms with Crippen molar-refractivity contribution in [2.45, 2.75) is 32.8 Å². The molecule has 0 aliphatic heterocycles. The third kappa shape index (κ3) is 7.34. The molecule has 31 heavy (non-hydrogen) atoms. The van der Waals surface area contributed by atoms with Crippen LogP contribution < -0.4 is 10.5 Å². The molecule has 0 amide bonds. The molecule has 0 fully saturated rings. The number of carbonyl (C=O) groups is 1. The van der Waals surface area contributed by atoms with E-state index in [1.807, 2.05) is 6.92 Å². The van der Waals surface area contributed by atoms with Crippen molar-refractivity contribution in [3.05, 3.63) is 51.1 Å². The van der Waals surface area contributed by atoms with Crippen LogP contribution in [0.1, 0.15) is 53.6 Å². The van der Waals surface area contributed by atoms with Crippen LogP contribution in [-0.4, -0.2) is 42.4 Å². The lowest BCUT2D eigenvalue weighted by molar-refractivity contribution is 0.104. The zero-order valence-corrected chi connectivity index (χ0v) is 19.6. The van der Waals surface area contributed by atoms with Gasteiger partial charge in [-0.3, -0.25) is 8.98 Å². The summed E-state index contributed by atoms with van der Waals surface area (Å²) in [5, 5.41) is 18.2. The monoisotopic (exact) mass is 488 g/mol. The number of nitrogens with two attached hydrogens (primary N) is 1. The largest absolute Gasteiger partial charge is 0.384 e. The summed E-state index contributed by atoms with van der Waals surface area (Å²) in [6.45, 7) is 7.70. The molecule has 4 N–H and O–H groups in total. The highest BCUT2D eigenvalue weighted by Gasteiger charge is 2.22. The first-order valence-corrected chi connectivity index (χ1v) is 12.1. The lowest BCUT2D eigenvalue weighted by atomic mass is 10.0. The fraction of sp³-hybridized carbons (Fsp3) is 0.421. The van der Waals surface area contributed by atoms with Gasteiger partial charge in [0.1, 0.15) is 18.2 Å². The Morgan fingerprint density at radius 1 is 1.48 bits per heavy atom. The number of hydrogen-bond donors (Lipinski definition) is 3. The quantitative estimate of drug-likeness (QED) is 0.305. The minimum Gasteiger partial charge on any atom is -0.384 e. The zero-order chi connectivity index (χ0) is 23.2. The normalized spacial score (nSPS) is 13.6. The number of ketones is 1. The van der Waals surface area contributed by atoms with Crippen LogP contribution in [-0.2, 0) is 14.5 Å². The Bertz CT molecular complexity index is 1040. The number of aliphatic hydroxyl groups excluding tert-OH is 1. The number of aromatic nitrogens is 2. The first kappa shape index (κ1) is 25.4. The predicted octanol–water partition coefficient (Wildman–Crippen LogP) is 3.08. The molecule has 2 aromatic heterocycles. The second-order valence-corrected chi connectivity index (χ2v) is 9.85. The third-order valence-corrected chi connectivity index (χ3v) is 6.40. The standard InChI is InChI=1S/C19H25ClN4O5S2/c1-4-12(9-29-31(21,27)28)5-6-23-19-14(8-22-10-24-19)17(26)15-7-13(18(20)30-15)16(25)11(2)3/h7-8,10,12,16,25H,2,4-6,9H2,1,3H3,(H2,21,27,28)(H,22,23,24). The lowest BCUT2D eigenvalue weighted by Gasteiger charge is -2.15. The molecule has 0 bridgehead atoms. The number of nitrogens with zero attached hydrogens (tertiary/aromatic N) is 2. The summed E-state index contributed by atoms with van der Waals surface area (Å²) < 4.78 is 26.9. The van der Waals surface area contributed by atoms with E-state index < -0.39 is 16.4 Å². The number of anilines is 1. The molecule has 0 saturated carbocycles. The van der Waals surface area contributed by atoms with E-state index in [0.29, 0.717) is 45.6 Å². The molecule has 2 atom stereocenters. The number of halogens is 1. The summed E-state index contributed by atoms with van der Waals surface area (Å²) in [5.74, 6) is -0.0392. The molecule has 12 heteroatoms. The molecule has 9 nitrogen and oxygen atoms in total. The van der Waals surface area contributed by atoms with Gasteiger partial charge in [0.05, 0.1) is 21.4 Å². The van der Waals surface area contributed by atoms with E-state index in [1.54, 1.807) is 13.0 Å². The van der Waals surface area contributed by atoms with Crippen LogP contribution in [0.4, 0.5) is 5.82 Å². The van der Waals surface area contributed by atoms with E-state index in [4.69, 9.17) is 16.7 Å². The van der Waals surface area contributed by atoms with Crippen molar-refractivity contribution < 1.29 is 22.5 Å². The van der Waals surface area contributed by atoms with Crippen molar-refractivity contribution in [1.29, 1.82) is 0 Å². The maximum Gasteiger partial charge on any atom is 0.333 e. The van der Waals surface area contributed by atoms with Gasteiger partial charge in [-0.05, 0) is 30.9 Å². The Morgan fingerprint density at radius 3 is 2.81 bits per heavy atom. The average molecular weight is 489 g/mol. The Balaban J connectivity index is 2.11. The van der Waals surface area contributed by atoms with Gasteiger partial charge in [-0.15, -0.1) is 11.3 Å². The lowest BCUT2D eigenvalue weighted by Crippen LogP contribution is -2.22. The first-order valence-electron chi connectivity index (χ1n) is 9.41. The van der Waals surface area contributed by atoms with E-state index >= 15 is 0 Å². The molecule has 0 saturated heterocycles. The molecular weight excluding hydrogens is 464 g/mol. The van der Waals surface area contributed by atoms with Gasteiger partial charge in [0, 0.05) is 18.3 Å². The molecular formula is C19H25ClN4O5S2. The van der Waals surface area contributed by atoms with E-state index in [1.165, 1.54) is 12.5 Å². The third-order valence-electron chi connectivity index (χ3n) is 4.55. The molecule has 0 spiro atoms. The van der Waals surface area contributed by atoms with Gasteiger partial charge in [0.15, 0.2) is 0 Å². The summed E-state index contributed by atoms with van der Waals surface area (Å²) in [6, 6.07) is 1.54. The highest BCUT2D eigenvalue weighted by Crippen LogP contribution is 2.36. The van der Waals surface area contributed by atoms with Crippen LogP contribution in [0.2, 0.25) is 4.34 Å². The summed E-state index contributed by atoms with van der Waals surface area (Å²) in [6.07, 6.45) is 3.03. The number of carbonyl (C=O) groups excluding carboxylic acids is 1. The fourth-order valence-corrected chi connectivity index (χ4v) is 4.37. The summed E-state index contributed by atoms with van der Waals surface area (Å²) in [5.41, 5.74) is 1.20. The molecule has 0 aliphatic carbocycles. The van der Waals surface area contributed by atoms with Crippen molar-refractivity contribution in [2.24, 2.45) is 11.1 Å². The molecule has 2 aromatic rings. The summed E-state index contributed by atoms with van der Waals surface area (Å²) in [4.78, 5) is 21.4. The minimum absolute atomic E-state index is 0.0197. The molecule has 0 aliphatic rings. The topological polar surface area (TPSA) is 144 Å². The van der Waals surface area contributed by atoms with E-state index in [2.05, 4.69) is 26.0 Å². The SMILES string of the molecule is C=C(C)C(O)c1cc(C(=O)c2cncnc2NCCC(CC)COS(N)(=O)=O)sc1Cl. The van der Waals surface area contributed by atoms with Crippen molar-refractivity contribution in [2.75, 3.05) is 18.5 Å². The van der Waals surface area contributed by atoms with E-state index in [9.17, 15) is 18.3 Å². The average Bonchev–Trinajstić information content (AvgIpc) is 3.10. The summed E-state index contributed by atoms with van der Waals surface area (Å²) >= 11 is 7.27. The van der Waals surface area contributed by atoms with E-state index in [-0.39, 0.29) is 23.9 Å². The zero-order valence-electron chi connectivity index (χ0n) is 17.2. The number of thiophene rings is 1. The number of rotatable bonds is 12. The highest BCUT2D eigenvalue weighted by atomic mass is 35.5. The van der Waals surface area contributed by atoms with Gasteiger partial charge in [-0.2, -0.15) is 8.42 Å². The molecule has 170 valence electrons. The predicted molar refractivity (Wildman–Crippen MR) is 121 cm³/mol. The van der Waals surface area contributed by atoms with E-state index in [0.717, 1.165) is 11.3 Å². The highest BCUT2D eigenvalue weighted by molar-refractivity contribution is 7.84. The Labute approximate surface area is 190 Å². The Morgan fingerprint density at radius 2 is 2.19 bits per heavy atom. The number of nitrogens with one attached hydrogen (secondary N) is 1. The molecule has 2 heterocycles. The molecule has 2 unspecified atom stereocenters. The van der Waals surface area contributed by atoms with Crippen LogP contribution in [0.3, 0.4) is 0 Å². The van der Waals surface area contributed by atoms with Gasteiger partial charge < -0.3 is 10.4 Å². The van der Waals surface area contributed by atoms with Gasteiger partial charge in [0.2, 0.25) is 5.78 Å². The van der Waals surface area contributed by atoms with Crippen LogP contribution in [0.25, 0.3) is 0 Å². The summed E-state index contributed by atoms with van der Waals surface area (Å²) in [7, 11) is -3.99. The minimum atomic E-state index is -3.99. The van der Waals surface area contributed by atoms with Crippen LogP contribution in [0.5, 0.6) is 0 Å². The molecule has 2 rings (SSSR count). The maximum atomic E-state index is 13.0. The Hall–Kier alpha value is -1.89. The first-order chi connectivity index (χ1) is 14.5. The second-order valence-electron chi connectivity index (χ2n) is 6.97. The van der Waals surface area contributed by atoms with Crippen molar-refractivity contribution in [1.82, 2.24) is 9.97 Å². The second kappa shape index (κ2) is 11.1. The van der Waals surface area contributed by atoms with Crippen LogP contribution in [0.15, 0.2) is 30.7 Å². The van der Waals surface area contributed by atoms with Crippen LogP contribution >= 0.6 is 22.9 Å². The van der Waals surface area contributed by atoms with Crippen molar-refractivity contribution >= 4 is 44.8 Å². The smallest absolute Gasteiger partial charge is 0.333 e. The van der Waals surface area contributed by atoms with Crippen molar-refractivity contribution in [3.8, 4) is 0 Å².